The van der Waals surface area contributed by atoms with Gasteiger partial charge in [-0.3, -0.25) is 10.1 Å². The van der Waals surface area contributed by atoms with E-state index in [1.807, 2.05) is 19.1 Å². The Morgan fingerprint density at radius 2 is 2.00 bits per heavy atom. The highest BCUT2D eigenvalue weighted by Gasteiger charge is 2.10. The zero-order valence-electron chi connectivity index (χ0n) is 10.2. The molecule has 2 aromatic rings. The summed E-state index contributed by atoms with van der Waals surface area (Å²) in [5.41, 5.74) is 1.04. The Balaban J connectivity index is 2.14. The van der Waals surface area contributed by atoms with Crippen LogP contribution in [0.25, 0.3) is 0 Å². The van der Waals surface area contributed by atoms with Crippen molar-refractivity contribution in [1.82, 2.24) is 4.98 Å². The zero-order chi connectivity index (χ0) is 13.8. The van der Waals surface area contributed by atoms with Crippen LogP contribution in [0, 0.1) is 10.1 Å². The molecule has 19 heavy (non-hydrogen) atoms. The highest BCUT2D eigenvalue weighted by Crippen LogP contribution is 2.21. The first kappa shape index (κ1) is 13.3. The van der Waals surface area contributed by atoms with Crippen LogP contribution in [0.5, 0.6) is 0 Å². The van der Waals surface area contributed by atoms with Gasteiger partial charge in [0.2, 0.25) is 0 Å². The van der Waals surface area contributed by atoms with Crippen molar-refractivity contribution < 1.29 is 4.92 Å². The zero-order valence-corrected chi connectivity index (χ0v) is 11.0. The van der Waals surface area contributed by atoms with E-state index >= 15 is 0 Å². The van der Waals surface area contributed by atoms with E-state index in [0.717, 1.165) is 5.56 Å². The fraction of sp³-hybridized carbons (Fsp3) is 0.154. The normalized spacial score (nSPS) is 11.9. The largest absolute Gasteiger partial charge is 0.363 e. The minimum absolute atomic E-state index is 0.0146. The molecule has 1 aromatic carbocycles. The van der Waals surface area contributed by atoms with Crippen LogP contribution < -0.4 is 5.32 Å². The summed E-state index contributed by atoms with van der Waals surface area (Å²) in [6.07, 6.45) is 1.41. The molecule has 0 aliphatic heterocycles. The number of nitrogens with one attached hydrogen (secondary N) is 1. The number of aromatic nitrogens is 1. The molecule has 0 aliphatic rings. The molecule has 1 heterocycles. The van der Waals surface area contributed by atoms with Gasteiger partial charge in [-0.15, -0.1) is 0 Å². The summed E-state index contributed by atoms with van der Waals surface area (Å²) in [5, 5.41) is 14.5. The molecule has 0 fully saturated rings. The van der Waals surface area contributed by atoms with E-state index in [1.165, 1.54) is 18.3 Å². The predicted octanol–water partition coefficient (Wildman–Crippen LogP) is 3.82. The molecule has 1 N–H and O–H groups in total. The van der Waals surface area contributed by atoms with Crippen LogP contribution in [0.15, 0.2) is 42.6 Å². The average molecular weight is 278 g/mol. The van der Waals surface area contributed by atoms with Crippen LogP contribution in [0.3, 0.4) is 0 Å². The maximum absolute atomic E-state index is 10.7. The summed E-state index contributed by atoms with van der Waals surface area (Å²) < 4.78 is 0. The van der Waals surface area contributed by atoms with Crippen molar-refractivity contribution in [3.63, 3.8) is 0 Å². The van der Waals surface area contributed by atoms with E-state index in [4.69, 9.17) is 11.6 Å². The third-order valence-electron chi connectivity index (χ3n) is 2.69. The number of benzene rings is 1. The van der Waals surface area contributed by atoms with Crippen LogP contribution in [-0.2, 0) is 0 Å². The number of hydrogen-bond acceptors (Lipinski definition) is 4. The molecule has 0 saturated carbocycles. The number of hydrogen-bond donors (Lipinski definition) is 1. The molecule has 6 heteroatoms. The van der Waals surface area contributed by atoms with Gasteiger partial charge in [-0.25, -0.2) is 4.98 Å². The minimum Gasteiger partial charge on any atom is -0.363 e. The highest BCUT2D eigenvalue weighted by atomic mass is 35.5. The van der Waals surface area contributed by atoms with Gasteiger partial charge in [0.15, 0.2) is 0 Å². The molecule has 1 unspecified atom stereocenters. The molecular weight excluding hydrogens is 266 g/mol. The number of nitro groups is 1. The van der Waals surface area contributed by atoms with E-state index in [2.05, 4.69) is 10.3 Å². The van der Waals surface area contributed by atoms with E-state index in [0.29, 0.717) is 10.8 Å². The third kappa shape index (κ3) is 3.42. The number of anilines is 1. The third-order valence-corrected chi connectivity index (χ3v) is 2.94. The van der Waals surface area contributed by atoms with E-state index in [-0.39, 0.29) is 11.7 Å². The molecule has 0 radical (unpaired) electrons. The molecule has 0 saturated heterocycles. The Morgan fingerprint density at radius 3 is 2.63 bits per heavy atom. The average Bonchev–Trinajstić information content (AvgIpc) is 2.39. The molecular formula is C13H12ClN3O2. The van der Waals surface area contributed by atoms with E-state index in [9.17, 15) is 10.1 Å². The monoisotopic (exact) mass is 277 g/mol. The number of halogens is 1. The maximum atomic E-state index is 10.7. The van der Waals surface area contributed by atoms with Crippen LogP contribution in [0.4, 0.5) is 11.5 Å². The summed E-state index contributed by atoms with van der Waals surface area (Å²) in [5.74, 6) is 0.469. The lowest BCUT2D eigenvalue weighted by Crippen LogP contribution is -2.07. The standard InChI is InChI=1S/C13H12ClN3O2/c1-9(10-2-4-11(14)5-3-10)16-13-8-12(17(18)19)6-7-15-13/h2-9H,1H3,(H,15,16). The number of rotatable bonds is 4. The highest BCUT2D eigenvalue weighted by molar-refractivity contribution is 6.30. The van der Waals surface area contributed by atoms with Crippen molar-refractivity contribution in [2.24, 2.45) is 0 Å². The first-order valence-electron chi connectivity index (χ1n) is 5.68. The fourth-order valence-electron chi connectivity index (χ4n) is 1.67. The predicted molar refractivity (Wildman–Crippen MR) is 74.4 cm³/mol. The van der Waals surface area contributed by atoms with Crippen molar-refractivity contribution in [2.45, 2.75) is 13.0 Å². The number of pyridine rings is 1. The minimum atomic E-state index is -0.445. The van der Waals surface area contributed by atoms with Crippen LogP contribution >= 0.6 is 11.6 Å². The first-order valence-corrected chi connectivity index (χ1v) is 6.06. The Morgan fingerprint density at radius 1 is 1.32 bits per heavy atom. The van der Waals surface area contributed by atoms with Gasteiger partial charge in [-0.2, -0.15) is 0 Å². The van der Waals surface area contributed by atoms with Crippen LogP contribution in [0.2, 0.25) is 5.02 Å². The van der Waals surface area contributed by atoms with Gasteiger partial charge in [0, 0.05) is 23.3 Å². The lowest BCUT2D eigenvalue weighted by molar-refractivity contribution is -0.384. The lowest BCUT2D eigenvalue weighted by atomic mass is 10.1. The molecule has 1 atom stereocenters. The summed E-state index contributed by atoms with van der Waals surface area (Å²) in [7, 11) is 0. The second kappa shape index (κ2) is 5.67. The molecule has 0 aliphatic carbocycles. The SMILES string of the molecule is CC(Nc1cc([N+](=O)[O-])ccn1)c1ccc(Cl)cc1. The second-order valence-electron chi connectivity index (χ2n) is 4.07. The van der Waals surface area contributed by atoms with Gasteiger partial charge in [-0.1, -0.05) is 23.7 Å². The quantitative estimate of drug-likeness (QED) is 0.681. The van der Waals surface area contributed by atoms with E-state index < -0.39 is 4.92 Å². The van der Waals surface area contributed by atoms with E-state index in [1.54, 1.807) is 12.1 Å². The Bertz CT molecular complexity index is 587. The Labute approximate surface area is 115 Å². The van der Waals surface area contributed by atoms with Crippen LogP contribution in [0.1, 0.15) is 18.5 Å². The van der Waals surface area contributed by atoms with Gasteiger partial charge in [0.25, 0.3) is 5.69 Å². The molecule has 0 bridgehead atoms. The topological polar surface area (TPSA) is 68.1 Å². The first-order chi connectivity index (χ1) is 9.06. The molecule has 0 amide bonds. The van der Waals surface area contributed by atoms with Crippen molar-refractivity contribution in [2.75, 3.05) is 5.32 Å². The molecule has 2 rings (SSSR count). The van der Waals surface area contributed by atoms with Gasteiger partial charge >= 0.3 is 0 Å². The van der Waals surface area contributed by atoms with Crippen molar-refractivity contribution in [3.05, 3.63) is 63.3 Å². The summed E-state index contributed by atoms with van der Waals surface area (Å²) in [6.45, 7) is 1.95. The summed E-state index contributed by atoms with van der Waals surface area (Å²) in [6, 6.07) is 10.2. The van der Waals surface area contributed by atoms with Crippen molar-refractivity contribution in [1.29, 1.82) is 0 Å². The molecule has 98 valence electrons. The van der Waals surface area contributed by atoms with Gasteiger partial charge in [0.05, 0.1) is 11.0 Å². The fourth-order valence-corrected chi connectivity index (χ4v) is 1.79. The van der Waals surface area contributed by atoms with Crippen molar-refractivity contribution >= 4 is 23.1 Å². The van der Waals surface area contributed by atoms with Crippen LogP contribution in [-0.4, -0.2) is 9.91 Å². The molecule has 1 aromatic heterocycles. The molecule has 0 spiro atoms. The summed E-state index contributed by atoms with van der Waals surface area (Å²) >= 11 is 5.82. The van der Waals surface area contributed by atoms with Gasteiger partial charge < -0.3 is 5.32 Å². The van der Waals surface area contributed by atoms with Gasteiger partial charge in [-0.05, 0) is 24.6 Å². The molecule has 5 nitrogen and oxygen atoms in total. The Kier molecular flexibility index (Phi) is 3.97. The Hall–Kier alpha value is -2.14. The smallest absolute Gasteiger partial charge is 0.274 e. The maximum Gasteiger partial charge on any atom is 0.274 e. The second-order valence-corrected chi connectivity index (χ2v) is 4.51. The summed E-state index contributed by atoms with van der Waals surface area (Å²) in [4.78, 5) is 14.3. The lowest BCUT2D eigenvalue weighted by Gasteiger charge is -2.14. The number of nitrogens with zero attached hydrogens (tertiary/aromatic N) is 2. The van der Waals surface area contributed by atoms with Gasteiger partial charge in [0.1, 0.15) is 5.82 Å². The van der Waals surface area contributed by atoms with Crippen molar-refractivity contribution in [3.8, 4) is 0 Å².